The van der Waals surface area contributed by atoms with Crippen molar-refractivity contribution in [2.75, 3.05) is 0 Å². The molecule has 0 spiro atoms. The zero-order valence-electron chi connectivity index (χ0n) is 32.0. The van der Waals surface area contributed by atoms with E-state index in [4.69, 9.17) is 15.0 Å². The molecule has 0 bridgehead atoms. The lowest BCUT2D eigenvalue weighted by Gasteiger charge is -2.19. The van der Waals surface area contributed by atoms with Crippen LogP contribution in [0, 0.1) is 0 Å². The highest BCUT2D eigenvalue weighted by Gasteiger charge is 2.23. The maximum Gasteiger partial charge on any atom is 0.164 e. The molecule has 9 aromatic rings. The zero-order valence-corrected chi connectivity index (χ0v) is 32.8. The molecule has 3 nitrogen and oxygen atoms in total. The summed E-state index contributed by atoms with van der Waals surface area (Å²) in [5.41, 5.74) is 18.3. The van der Waals surface area contributed by atoms with Gasteiger partial charge in [0.1, 0.15) is 47.1 Å². The van der Waals surface area contributed by atoms with E-state index in [1.807, 2.05) is 35.6 Å². The molecule has 0 atom stereocenters. The van der Waals surface area contributed by atoms with Gasteiger partial charge in [-0.1, -0.05) is 166 Å². The summed E-state index contributed by atoms with van der Waals surface area (Å²) in [6, 6.07) is 48.7. The van der Waals surface area contributed by atoms with Crippen LogP contribution in [0.15, 0.2) is 140 Å². The summed E-state index contributed by atoms with van der Waals surface area (Å²) >= 11 is 1.95. The fraction of sp³-hybridized carbons (Fsp3) is 0. The van der Waals surface area contributed by atoms with Crippen molar-refractivity contribution in [1.29, 1.82) is 0 Å². The minimum Gasteiger partial charge on any atom is -0.208 e. The Balaban J connectivity index is 1.19. The molecule has 0 N–H and O–H groups in total. The Kier molecular flexibility index (Phi) is 8.95. The third-order valence-electron chi connectivity index (χ3n) is 11.4. The summed E-state index contributed by atoms with van der Waals surface area (Å²) < 4.78 is 2.76. The molecular formula is C45H35B6N3S. The first kappa shape index (κ1) is 34.9. The van der Waals surface area contributed by atoms with E-state index in [1.165, 1.54) is 80.8 Å². The second kappa shape index (κ2) is 14.1. The third kappa shape index (κ3) is 6.06. The molecule has 7 aromatic carbocycles. The maximum atomic E-state index is 5.12. The summed E-state index contributed by atoms with van der Waals surface area (Å²) in [5.74, 6) is 1.96. The first-order chi connectivity index (χ1) is 26.8. The Morgan fingerprint density at radius 3 is 1.33 bits per heavy atom. The molecule has 254 valence electrons. The lowest BCUT2D eigenvalue weighted by atomic mass is 9.66. The van der Waals surface area contributed by atoms with Crippen LogP contribution in [-0.4, -0.2) is 62.0 Å². The summed E-state index contributed by atoms with van der Waals surface area (Å²) in [7, 11) is 13.8. The van der Waals surface area contributed by atoms with Crippen LogP contribution >= 0.6 is 11.3 Å². The van der Waals surface area contributed by atoms with Crippen LogP contribution in [0.3, 0.4) is 0 Å². The first-order valence-electron chi connectivity index (χ1n) is 18.9. The average molecular weight is 715 g/mol. The van der Waals surface area contributed by atoms with Gasteiger partial charge in [-0.15, -0.1) is 11.3 Å². The molecule has 0 radical (unpaired) electrons. The van der Waals surface area contributed by atoms with E-state index in [9.17, 15) is 0 Å². The molecule has 0 fully saturated rings. The van der Waals surface area contributed by atoms with Gasteiger partial charge < -0.3 is 0 Å². The minimum absolute atomic E-state index is 0.652. The highest BCUT2D eigenvalue weighted by atomic mass is 32.1. The Labute approximate surface area is 331 Å². The van der Waals surface area contributed by atoms with Crippen LogP contribution < -0.4 is 32.8 Å². The van der Waals surface area contributed by atoms with Crippen molar-refractivity contribution >= 4 is 111 Å². The van der Waals surface area contributed by atoms with Crippen LogP contribution in [0.2, 0.25) is 0 Å². The normalized spacial score (nSPS) is 11.3. The molecule has 0 saturated heterocycles. The van der Waals surface area contributed by atoms with Gasteiger partial charge in [0.15, 0.2) is 17.5 Å². The van der Waals surface area contributed by atoms with E-state index < -0.39 is 0 Å². The SMILES string of the molecule is Bc1c(-c2ccccc2)c(B)c2c(sc3c(B)c(-c4cccc(-c5nc(-c6ccccc6)nc(-c6ccc(-c7ccccc7)cc6)n5)c4)c(B)c(B)c32)c1B. The topological polar surface area (TPSA) is 38.7 Å². The lowest BCUT2D eigenvalue weighted by molar-refractivity contribution is 1.07. The number of thiophene rings is 1. The third-order valence-corrected chi connectivity index (χ3v) is 12.8. The highest BCUT2D eigenvalue weighted by Crippen LogP contribution is 2.34. The molecule has 0 aliphatic rings. The van der Waals surface area contributed by atoms with Gasteiger partial charge in [-0.05, 0) is 50.2 Å². The zero-order chi connectivity index (χ0) is 37.8. The second-order valence-electron chi connectivity index (χ2n) is 14.6. The van der Waals surface area contributed by atoms with Gasteiger partial charge in [0.05, 0.1) is 0 Å². The molecule has 0 saturated carbocycles. The Bertz CT molecular complexity index is 2920. The van der Waals surface area contributed by atoms with E-state index in [-0.39, 0.29) is 0 Å². The van der Waals surface area contributed by atoms with Crippen molar-refractivity contribution in [2.24, 2.45) is 0 Å². The predicted molar refractivity (Wildman–Crippen MR) is 254 cm³/mol. The monoisotopic (exact) mass is 715 g/mol. The van der Waals surface area contributed by atoms with E-state index in [1.54, 1.807) is 0 Å². The number of nitrogens with zero attached hydrogens (tertiary/aromatic N) is 3. The fourth-order valence-corrected chi connectivity index (χ4v) is 9.77. The summed E-state index contributed by atoms with van der Waals surface area (Å²) in [6.45, 7) is 0. The molecular weight excluding hydrogens is 679 g/mol. The molecule has 55 heavy (non-hydrogen) atoms. The molecule has 0 aliphatic carbocycles. The molecule has 10 heteroatoms. The van der Waals surface area contributed by atoms with E-state index in [0.717, 1.165) is 22.3 Å². The predicted octanol–water partition coefficient (Wildman–Crippen LogP) is 1.79. The molecule has 2 heterocycles. The van der Waals surface area contributed by atoms with Crippen LogP contribution in [0.4, 0.5) is 0 Å². The molecule has 2 aromatic heterocycles. The molecule has 0 amide bonds. The number of benzene rings is 7. The molecule has 9 rings (SSSR count). The summed E-state index contributed by atoms with van der Waals surface area (Å²) in [4.78, 5) is 15.2. The lowest BCUT2D eigenvalue weighted by Crippen LogP contribution is -2.36. The van der Waals surface area contributed by atoms with Gasteiger partial charge in [-0.2, -0.15) is 0 Å². The van der Waals surface area contributed by atoms with Crippen molar-refractivity contribution in [3.05, 3.63) is 140 Å². The van der Waals surface area contributed by atoms with Gasteiger partial charge in [0.25, 0.3) is 0 Å². The number of rotatable bonds is 6. The van der Waals surface area contributed by atoms with Gasteiger partial charge in [-0.25, -0.2) is 15.0 Å². The van der Waals surface area contributed by atoms with Crippen LogP contribution in [0.25, 0.3) is 87.7 Å². The van der Waals surface area contributed by atoms with E-state index >= 15 is 0 Å². The second-order valence-corrected chi connectivity index (χ2v) is 15.6. The van der Waals surface area contributed by atoms with Crippen molar-refractivity contribution < 1.29 is 0 Å². The van der Waals surface area contributed by atoms with Gasteiger partial charge in [-0.3, -0.25) is 0 Å². The molecule has 0 unspecified atom stereocenters. The van der Waals surface area contributed by atoms with Crippen LogP contribution in [0.5, 0.6) is 0 Å². The number of fused-ring (bicyclic) bond motifs is 3. The molecule has 0 aliphatic heterocycles. The van der Waals surface area contributed by atoms with Crippen molar-refractivity contribution in [1.82, 2.24) is 15.0 Å². The fourth-order valence-electron chi connectivity index (χ4n) is 8.29. The van der Waals surface area contributed by atoms with Gasteiger partial charge in [0.2, 0.25) is 0 Å². The van der Waals surface area contributed by atoms with Gasteiger partial charge in [0, 0.05) is 26.1 Å². The van der Waals surface area contributed by atoms with E-state index in [2.05, 4.69) is 162 Å². The van der Waals surface area contributed by atoms with Crippen LogP contribution in [-0.2, 0) is 0 Å². The smallest absolute Gasteiger partial charge is 0.164 e. The minimum atomic E-state index is 0.652. The number of hydrogen-bond donors (Lipinski definition) is 0. The Morgan fingerprint density at radius 1 is 0.309 bits per heavy atom. The quantitative estimate of drug-likeness (QED) is 0.247. The van der Waals surface area contributed by atoms with Crippen LogP contribution in [0.1, 0.15) is 0 Å². The van der Waals surface area contributed by atoms with Crippen molar-refractivity contribution in [2.45, 2.75) is 0 Å². The Morgan fingerprint density at radius 2 is 0.709 bits per heavy atom. The van der Waals surface area contributed by atoms with Crippen molar-refractivity contribution in [3.63, 3.8) is 0 Å². The van der Waals surface area contributed by atoms with Crippen molar-refractivity contribution in [3.8, 4) is 67.5 Å². The summed E-state index contributed by atoms with van der Waals surface area (Å²) in [5, 5.41) is 2.79. The van der Waals surface area contributed by atoms with Gasteiger partial charge >= 0.3 is 0 Å². The average Bonchev–Trinajstić information content (AvgIpc) is 3.65. The maximum absolute atomic E-state index is 5.12. The standard InChI is InChI=1S/C45H35B6N3S/c46-35-31(26-13-6-2-7-14-26)37(48)40(51)42-33(35)34-38(49)36(47)32(39(50)41(34)55-42)29-17-10-18-30(23-29)45-53-43(27-15-8-3-9-16-27)52-44(54-45)28-21-19-25(20-22-28)24-11-4-1-5-12-24/h1-23H,46-51H2. The highest BCUT2D eigenvalue weighted by molar-refractivity contribution is 7.28. The first-order valence-corrected chi connectivity index (χ1v) is 19.7. The summed E-state index contributed by atoms with van der Waals surface area (Å²) in [6.07, 6.45) is 0. The number of hydrogen-bond acceptors (Lipinski definition) is 4. The largest absolute Gasteiger partial charge is 0.208 e. The Hall–Kier alpha value is -5.84. The van der Waals surface area contributed by atoms with E-state index in [0.29, 0.717) is 17.5 Å². The number of aromatic nitrogens is 3.